The molecule has 0 aliphatic rings. The van der Waals surface area contributed by atoms with Crippen LogP contribution in [-0.4, -0.2) is 11.9 Å². The zero-order chi connectivity index (χ0) is 21.2. The van der Waals surface area contributed by atoms with E-state index in [0.29, 0.717) is 22.6 Å². The van der Waals surface area contributed by atoms with Crippen molar-refractivity contribution in [3.63, 3.8) is 0 Å². The summed E-state index contributed by atoms with van der Waals surface area (Å²) in [5.74, 6) is 0.234. The fourth-order valence-corrected chi connectivity index (χ4v) is 2.92. The third-order valence-electron chi connectivity index (χ3n) is 4.34. The summed E-state index contributed by atoms with van der Waals surface area (Å²) in [7, 11) is 0. The van der Waals surface area contributed by atoms with Crippen LogP contribution in [0.15, 0.2) is 48.6 Å². The molecule has 0 atom stereocenters. The number of carbonyl (C=O) groups excluding carboxylic acids is 2. The SMILES string of the molecule is C=C(C)C(=O)Oc1c(C)cc(-c2cc(C)c(OC(=O)C(=C)C)c(C)c2)cc1C. The minimum atomic E-state index is -0.436. The van der Waals surface area contributed by atoms with Gasteiger partial charge in [0.25, 0.3) is 0 Å². The van der Waals surface area contributed by atoms with Crippen LogP contribution >= 0.6 is 0 Å². The summed E-state index contributed by atoms with van der Waals surface area (Å²) in [5.41, 5.74) is 6.14. The molecule has 2 aromatic rings. The molecule has 0 aromatic heterocycles. The van der Waals surface area contributed by atoms with Crippen molar-refractivity contribution in [2.75, 3.05) is 0 Å². The molecule has 0 saturated carbocycles. The van der Waals surface area contributed by atoms with E-state index in [9.17, 15) is 9.59 Å². The molecule has 0 N–H and O–H groups in total. The smallest absolute Gasteiger partial charge is 0.338 e. The summed E-state index contributed by atoms with van der Waals surface area (Å²) >= 11 is 0. The molecule has 0 aliphatic carbocycles. The molecule has 0 aliphatic heterocycles. The molecule has 0 amide bonds. The highest BCUT2D eigenvalue weighted by molar-refractivity contribution is 5.90. The van der Waals surface area contributed by atoms with Gasteiger partial charge < -0.3 is 9.47 Å². The van der Waals surface area contributed by atoms with E-state index in [4.69, 9.17) is 9.47 Å². The van der Waals surface area contributed by atoms with Gasteiger partial charge in [-0.15, -0.1) is 0 Å². The first kappa shape index (κ1) is 21.2. The van der Waals surface area contributed by atoms with E-state index in [1.165, 1.54) is 0 Å². The van der Waals surface area contributed by atoms with E-state index >= 15 is 0 Å². The molecule has 0 bridgehead atoms. The second kappa shape index (κ2) is 8.26. The standard InChI is InChI=1S/C24H26O4/c1-13(2)23(25)27-21-15(5)9-19(10-16(21)6)20-11-17(7)22(18(8)12-20)28-24(26)14(3)4/h9-12H,1,3H2,2,4-8H3. The maximum Gasteiger partial charge on any atom is 0.338 e. The molecular weight excluding hydrogens is 352 g/mol. The number of benzene rings is 2. The molecule has 4 heteroatoms. The fraction of sp³-hybridized carbons (Fsp3) is 0.250. The summed E-state index contributed by atoms with van der Waals surface area (Å²) in [6.07, 6.45) is 0. The highest BCUT2D eigenvalue weighted by atomic mass is 16.5. The quantitative estimate of drug-likeness (QED) is 0.389. The molecule has 2 aromatic carbocycles. The van der Waals surface area contributed by atoms with Crippen molar-refractivity contribution in [3.05, 3.63) is 70.8 Å². The van der Waals surface area contributed by atoms with Gasteiger partial charge >= 0.3 is 11.9 Å². The normalized spacial score (nSPS) is 10.4. The Morgan fingerprint density at radius 1 is 0.643 bits per heavy atom. The second-order valence-electron chi connectivity index (χ2n) is 7.22. The van der Waals surface area contributed by atoms with Gasteiger partial charge in [0.2, 0.25) is 0 Å². The molecule has 4 nitrogen and oxygen atoms in total. The summed E-state index contributed by atoms with van der Waals surface area (Å²) in [5, 5.41) is 0. The lowest BCUT2D eigenvalue weighted by molar-refractivity contribution is -0.131. The molecular formula is C24H26O4. The first-order chi connectivity index (χ1) is 13.0. The summed E-state index contributed by atoms with van der Waals surface area (Å²) < 4.78 is 10.9. The van der Waals surface area contributed by atoms with Crippen LogP contribution in [0.2, 0.25) is 0 Å². The van der Waals surface area contributed by atoms with Crippen molar-refractivity contribution in [2.45, 2.75) is 41.5 Å². The zero-order valence-corrected chi connectivity index (χ0v) is 17.4. The first-order valence-corrected chi connectivity index (χ1v) is 8.99. The Labute approximate surface area is 166 Å². The van der Waals surface area contributed by atoms with Gasteiger partial charge in [-0.25, -0.2) is 9.59 Å². The topological polar surface area (TPSA) is 52.6 Å². The minimum absolute atomic E-state index is 0.356. The Kier molecular flexibility index (Phi) is 6.24. The minimum Gasteiger partial charge on any atom is -0.423 e. The van der Waals surface area contributed by atoms with Crippen molar-refractivity contribution in [2.24, 2.45) is 0 Å². The molecule has 0 heterocycles. The monoisotopic (exact) mass is 378 g/mol. The van der Waals surface area contributed by atoms with Crippen LogP contribution in [0.1, 0.15) is 36.1 Å². The fourth-order valence-electron chi connectivity index (χ4n) is 2.92. The van der Waals surface area contributed by atoms with Crippen LogP contribution in [0.25, 0.3) is 11.1 Å². The Bertz CT molecular complexity index is 868. The van der Waals surface area contributed by atoms with Gasteiger partial charge in [-0.3, -0.25) is 0 Å². The molecule has 0 saturated heterocycles. The molecule has 0 radical (unpaired) electrons. The van der Waals surface area contributed by atoms with Gasteiger partial charge in [0, 0.05) is 11.1 Å². The van der Waals surface area contributed by atoms with Gasteiger partial charge in [0.05, 0.1) is 0 Å². The molecule has 2 rings (SSSR count). The Balaban J connectivity index is 2.43. The number of rotatable bonds is 5. The lowest BCUT2D eigenvalue weighted by Crippen LogP contribution is -2.10. The van der Waals surface area contributed by atoms with Crippen LogP contribution in [0.4, 0.5) is 0 Å². The number of aryl methyl sites for hydroxylation is 4. The van der Waals surface area contributed by atoms with E-state index in [1.54, 1.807) is 13.8 Å². The first-order valence-electron chi connectivity index (χ1n) is 8.99. The van der Waals surface area contributed by atoms with E-state index in [0.717, 1.165) is 33.4 Å². The third kappa shape index (κ3) is 4.58. The average molecular weight is 378 g/mol. The Morgan fingerprint density at radius 3 is 1.11 bits per heavy atom. The molecule has 0 fully saturated rings. The molecule has 0 unspecified atom stereocenters. The summed E-state index contributed by atoms with van der Waals surface area (Å²) in [6.45, 7) is 18.1. The maximum atomic E-state index is 11.9. The van der Waals surface area contributed by atoms with E-state index < -0.39 is 11.9 Å². The average Bonchev–Trinajstić information content (AvgIpc) is 2.60. The summed E-state index contributed by atoms with van der Waals surface area (Å²) in [4.78, 5) is 23.7. The van der Waals surface area contributed by atoms with E-state index in [1.807, 2.05) is 52.0 Å². The lowest BCUT2D eigenvalue weighted by atomic mass is 9.96. The van der Waals surface area contributed by atoms with Crippen molar-refractivity contribution < 1.29 is 19.1 Å². The van der Waals surface area contributed by atoms with Crippen molar-refractivity contribution >= 4 is 11.9 Å². The molecule has 146 valence electrons. The van der Waals surface area contributed by atoms with Crippen LogP contribution in [0, 0.1) is 27.7 Å². The van der Waals surface area contributed by atoms with E-state index in [-0.39, 0.29) is 0 Å². The third-order valence-corrected chi connectivity index (χ3v) is 4.34. The molecule has 0 spiro atoms. The zero-order valence-electron chi connectivity index (χ0n) is 17.4. The number of ether oxygens (including phenoxy) is 2. The largest absolute Gasteiger partial charge is 0.423 e. The molecule has 28 heavy (non-hydrogen) atoms. The second-order valence-corrected chi connectivity index (χ2v) is 7.22. The number of hydrogen-bond donors (Lipinski definition) is 0. The maximum absolute atomic E-state index is 11.9. The van der Waals surface area contributed by atoms with Gasteiger partial charge in [-0.2, -0.15) is 0 Å². The van der Waals surface area contributed by atoms with Crippen LogP contribution in [-0.2, 0) is 9.59 Å². The predicted molar refractivity (Wildman–Crippen MR) is 112 cm³/mol. The van der Waals surface area contributed by atoms with Gasteiger partial charge in [0.15, 0.2) is 0 Å². The Morgan fingerprint density at radius 2 is 0.893 bits per heavy atom. The van der Waals surface area contributed by atoms with Crippen molar-refractivity contribution in [3.8, 4) is 22.6 Å². The van der Waals surface area contributed by atoms with Crippen molar-refractivity contribution in [1.29, 1.82) is 0 Å². The van der Waals surface area contributed by atoms with Crippen LogP contribution < -0.4 is 9.47 Å². The summed E-state index contributed by atoms with van der Waals surface area (Å²) in [6, 6.07) is 7.90. The van der Waals surface area contributed by atoms with Crippen LogP contribution in [0.3, 0.4) is 0 Å². The van der Waals surface area contributed by atoms with Gasteiger partial charge in [0.1, 0.15) is 11.5 Å². The number of esters is 2. The van der Waals surface area contributed by atoms with E-state index in [2.05, 4.69) is 13.2 Å². The van der Waals surface area contributed by atoms with Gasteiger partial charge in [-0.05, 0) is 99.2 Å². The van der Waals surface area contributed by atoms with Gasteiger partial charge in [-0.1, -0.05) is 13.2 Å². The Hall–Kier alpha value is -3.14. The number of hydrogen-bond acceptors (Lipinski definition) is 4. The number of carbonyl (C=O) groups is 2. The lowest BCUT2D eigenvalue weighted by Gasteiger charge is -2.16. The highest BCUT2D eigenvalue weighted by Gasteiger charge is 2.15. The highest BCUT2D eigenvalue weighted by Crippen LogP contribution is 2.34. The predicted octanol–water partition coefficient (Wildman–Crippen LogP) is 5.55. The van der Waals surface area contributed by atoms with Crippen molar-refractivity contribution in [1.82, 2.24) is 0 Å². The van der Waals surface area contributed by atoms with Crippen LogP contribution in [0.5, 0.6) is 11.5 Å².